The molecule has 3 nitrogen and oxygen atoms in total. The van der Waals surface area contributed by atoms with Crippen LogP contribution in [0.4, 0.5) is 0 Å². The van der Waals surface area contributed by atoms with Gasteiger partial charge in [0.25, 0.3) is 0 Å². The van der Waals surface area contributed by atoms with Gasteiger partial charge in [-0.15, -0.1) is 0 Å². The fourth-order valence-electron chi connectivity index (χ4n) is 2.27. The number of unbranched alkanes of at least 4 members (excludes halogenated alkanes) is 2. The second-order valence-corrected chi connectivity index (χ2v) is 4.92. The Morgan fingerprint density at radius 2 is 2.00 bits per heavy atom. The smallest absolute Gasteiger partial charge is 0.222 e. The van der Waals surface area contributed by atoms with Crippen molar-refractivity contribution in [3.05, 3.63) is 0 Å². The van der Waals surface area contributed by atoms with Gasteiger partial charge in [-0.05, 0) is 38.3 Å². The quantitative estimate of drug-likeness (QED) is 0.703. The van der Waals surface area contributed by atoms with Gasteiger partial charge in [0, 0.05) is 20.0 Å². The van der Waals surface area contributed by atoms with Crippen LogP contribution in [0.3, 0.4) is 0 Å². The van der Waals surface area contributed by atoms with Gasteiger partial charge < -0.3 is 10.2 Å². The summed E-state index contributed by atoms with van der Waals surface area (Å²) in [5.74, 6) is 1.04. The maximum absolute atomic E-state index is 11.8. The molecule has 1 aliphatic heterocycles. The zero-order valence-corrected chi connectivity index (χ0v) is 10.8. The molecule has 0 unspecified atom stereocenters. The lowest BCUT2D eigenvalue weighted by atomic mass is 9.97. The Labute approximate surface area is 99.6 Å². The molecule has 1 saturated heterocycles. The number of rotatable bonds is 6. The minimum Gasteiger partial charge on any atom is -0.345 e. The second kappa shape index (κ2) is 7.66. The molecule has 1 rings (SSSR count). The Hall–Kier alpha value is -0.570. The molecule has 0 radical (unpaired) electrons. The third kappa shape index (κ3) is 4.97. The lowest BCUT2D eigenvalue weighted by molar-refractivity contribution is -0.130. The highest BCUT2D eigenvalue weighted by atomic mass is 16.2. The third-order valence-corrected chi connectivity index (χ3v) is 3.41. The summed E-state index contributed by atoms with van der Waals surface area (Å²) in [6, 6.07) is 0. The first kappa shape index (κ1) is 13.5. The van der Waals surface area contributed by atoms with Crippen LogP contribution in [0.25, 0.3) is 0 Å². The van der Waals surface area contributed by atoms with Crippen LogP contribution in [0.15, 0.2) is 0 Å². The molecular weight excluding hydrogens is 200 g/mol. The van der Waals surface area contributed by atoms with E-state index in [0.29, 0.717) is 11.8 Å². The van der Waals surface area contributed by atoms with Crippen molar-refractivity contribution in [3.8, 4) is 0 Å². The number of hydrogen-bond acceptors (Lipinski definition) is 2. The van der Waals surface area contributed by atoms with Crippen molar-refractivity contribution in [2.24, 2.45) is 5.92 Å². The van der Waals surface area contributed by atoms with Gasteiger partial charge in [0.05, 0.1) is 0 Å². The van der Waals surface area contributed by atoms with Crippen LogP contribution in [-0.4, -0.2) is 37.5 Å². The third-order valence-electron chi connectivity index (χ3n) is 3.41. The average Bonchev–Trinajstić information content (AvgIpc) is 2.30. The number of nitrogens with one attached hydrogen (secondary N) is 1. The summed E-state index contributed by atoms with van der Waals surface area (Å²) in [7, 11) is 1.95. The second-order valence-electron chi connectivity index (χ2n) is 4.92. The zero-order valence-electron chi connectivity index (χ0n) is 10.8. The first-order chi connectivity index (χ1) is 7.74. The predicted molar refractivity (Wildman–Crippen MR) is 67.4 cm³/mol. The monoisotopic (exact) mass is 226 g/mol. The lowest BCUT2D eigenvalue weighted by Gasteiger charge is -2.27. The summed E-state index contributed by atoms with van der Waals surface area (Å²) in [4.78, 5) is 13.7. The van der Waals surface area contributed by atoms with Crippen LogP contribution in [0.1, 0.15) is 45.4 Å². The molecule has 0 saturated carbocycles. The lowest BCUT2D eigenvalue weighted by Crippen LogP contribution is -2.37. The highest BCUT2D eigenvalue weighted by Crippen LogP contribution is 2.13. The van der Waals surface area contributed by atoms with Gasteiger partial charge in [0.1, 0.15) is 0 Å². The fourth-order valence-corrected chi connectivity index (χ4v) is 2.27. The molecular formula is C13H26N2O. The Bertz CT molecular complexity index is 200. The Kier molecular flexibility index (Phi) is 6.46. The topological polar surface area (TPSA) is 32.3 Å². The van der Waals surface area contributed by atoms with E-state index in [1.54, 1.807) is 0 Å². The van der Waals surface area contributed by atoms with Gasteiger partial charge in [0.15, 0.2) is 0 Å². The van der Waals surface area contributed by atoms with Gasteiger partial charge in [-0.1, -0.05) is 19.8 Å². The van der Waals surface area contributed by atoms with Crippen LogP contribution in [0.5, 0.6) is 0 Å². The molecule has 0 aromatic carbocycles. The van der Waals surface area contributed by atoms with E-state index in [9.17, 15) is 4.79 Å². The van der Waals surface area contributed by atoms with Gasteiger partial charge in [-0.3, -0.25) is 4.79 Å². The fraction of sp³-hybridized carbons (Fsp3) is 0.923. The van der Waals surface area contributed by atoms with Gasteiger partial charge >= 0.3 is 0 Å². The van der Waals surface area contributed by atoms with Crippen molar-refractivity contribution < 1.29 is 4.79 Å². The van der Waals surface area contributed by atoms with Crippen molar-refractivity contribution in [1.29, 1.82) is 0 Å². The molecule has 0 bridgehead atoms. The zero-order chi connectivity index (χ0) is 11.8. The molecule has 3 heteroatoms. The van der Waals surface area contributed by atoms with Crippen LogP contribution >= 0.6 is 0 Å². The molecule has 0 aromatic heterocycles. The number of nitrogens with zero attached hydrogens (tertiary/aromatic N) is 1. The first-order valence-corrected chi connectivity index (χ1v) is 6.68. The van der Waals surface area contributed by atoms with E-state index in [4.69, 9.17) is 0 Å². The van der Waals surface area contributed by atoms with Gasteiger partial charge in [0.2, 0.25) is 5.91 Å². The maximum atomic E-state index is 11.8. The van der Waals surface area contributed by atoms with Crippen LogP contribution in [0, 0.1) is 5.92 Å². The number of carbonyl (C=O) groups is 1. The molecule has 1 aliphatic rings. The summed E-state index contributed by atoms with van der Waals surface area (Å²) >= 11 is 0. The van der Waals surface area contributed by atoms with Crippen LogP contribution < -0.4 is 5.32 Å². The summed E-state index contributed by atoms with van der Waals surface area (Å²) in [6.07, 6.45) is 6.57. The molecule has 1 heterocycles. The highest BCUT2D eigenvalue weighted by molar-refractivity contribution is 5.75. The SMILES string of the molecule is CCCCCC(=O)N(C)CC1CCNCC1. The largest absolute Gasteiger partial charge is 0.345 e. The van der Waals surface area contributed by atoms with Crippen molar-refractivity contribution in [2.45, 2.75) is 45.4 Å². The Morgan fingerprint density at radius 3 is 2.62 bits per heavy atom. The minimum absolute atomic E-state index is 0.326. The van der Waals surface area contributed by atoms with Crippen molar-refractivity contribution in [3.63, 3.8) is 0 Å². The van der Waals surface area contributed by atoms with Crippen LogP contribution in [-0.2, 0) is 4.79 Å². The van der Waals surface area contributed by atoms with E-state index in [-0.39, 0.29) is 0 Å². The van der Waals surface area contributed by atoms with E-state index in [1.807, 2.05) is 11.9 Å². The molecule has 1 N–H and O–H groups in total. The van der Waals surface area contributed by atoms with Gasteiger partial charge in [-0.2, -0.15) is 0 Å². The summed E-state index contributed by atoms with van der Waals surface area (Å²) in [6.45, 7) is 5.35. The normalized spacial score (nSPS) is 17.4. The highest BCUT2D eigenvalue weighted by Gasteiger charge is 2.17. The van der Waals surface area contributed by atoms with Crippen molar-refractivity contribution in [2.75, 3.05) is 26.7 Å². The molecule has 0 aromatic rings. The Morgan fingerprint density at radius 1 is 1.31 bits per heavy atom. The van der Waals surface area contributed by atoms with Crippen molar-refractivity contribution in [1.82, 2.24) is 10.2 Å². The summed E-state index contributed by atoms with van der Waals surface area (Å²) in [5.41, 5.74) is 0. The van der Waals surface area contributed by atoms with Crippen LogP contribution in [0.2, 0.25) is 0 Å². The van der Waals surface area contributed by atoms with Gasteiger partial charge in [-0.25, -0.2) is 0 Å². The molecule has 1 fully saturated rings. The maximum Gasteiger partial charge on any atom is 0.222 e. The molecule has 0 spiro atoms. The average molecular weight is 226 g/mol. The first-order valence-electron chi connectivity index (χ1n) is 6.68. The molecule has 16 heavy (non-hydrogen) atoms. The standard InChI is InChI=1S/C13H26N2O/c1-3-4-5-6-13(16)15(2)11-12-7-9-14-10-8-12/h12,14H,3-11H2,1-2H3. The van der Waals surface area contributed by atoms with E-state index in [1.165, 1.54) is 25.7 Å². The Balaban J connectivity index is 2.16. The number of amides is 1. The molecule has 1 amide bonds. The van der Waals surface area contributed by atoms with E-state index in [0.717, 1.165) is 32.5 Å². The summed E-state index contributed by atoms with van der Waals surface area (Å²) in [5, 5.41) is 3.36. The van der Waals surface area contributed by atoms with E-state index in [2.05, 4.69) is 12.2 Å². The molecule has 94 valence electrons. The van der Waals surface area contributed by atoms with Crippen molar-refractivity contribution >= 4 is 5.91 Å². The van der Waals surface area contributed by atoms with E-state index >= 15 is 0 Å². The number of hydrogen-bond donors (Lipinski definition) is 1. The minimum atomic E-state index is 0.326. The number of carbonyl (C=O) groups excluding carboxylic acids is 1. The molecule has 0 aliphatic carbocycles. The predicted octanol–water partition coefficient (Wildman–Crippen LogP) is 2.02. The number of piperidine rings is 1. The summed E-state index contributed by atoms with van der Waals surface area (Å²) < 4.78 is 0. The van der Waals surface area contributed by atoms with E-state index < -0.39 is 0 Å². The molecule has 0 atom stereocenters.